The van der Waals surface area contributed by atoms with E-state index in [1.54, 1.807) is 29.4 Å². The molecule has 1 aliphatic rings. The summed E-state index contributed by atoms with van der Waals surface area (Å²) in [6, 6.07) is 5.14. The van der Waals surface area contributed by atoms with Gasteiger partial charge in [0.25, 0.3) is 0 Å². The zero-order valence-corrected chi connectivity index (χ0v) is 13.7. The van der Waals surface area contributed by atoms with Crippen LogP contribution in [0, 0.1) is 6.92 Å². The van der Waals surface area contributed by atoms with Gasteiger partial charge in [-0.2, -0.15) is 4.31 Å². The van der Waals surface area contributed by atoms with E-state index < -0.39 is 10.0 Å². The average Bonchev–Trinajstić information content (AvgIpc) is 2.87. The summed E-state index contributed by atoms with van der Waals surface area (Å²) in [4.78, 5) is 2.34. The van der Waals surface area contributed by atoms with Crippen LogP contribution in [-0.4, -0.2) is 56.0 Å². The lowest BCUT2D eigenvalue weighted by atomic mass is 10.2. The molecule has 118 valence electrons. The summed E-state index contributed by atoms with van der Waals surface area (Å²) in [5, 5.41) is 9.24. The van der Waals surface area contributed by atoms with Crippen molar-refractivity contribution < 1.29 is 13.5 Å². The maximum atomic E-state index is 12.9. The van der Waals surface area contributed by atoms with Crippen molar-refractivity contribution in [3.05, 3.63) is 29.3 Å². The zero-order valence-electron chi connectivity index (χ0n) is 12.9. The van der Waals surface area contributed by atoms with E-state index in [1.165, 1.54) is 0 Å². The largest absolute Gasteiger partial charge is 0.392 e. The number of hydrogen-bond donors (Lipinski definition) is 1. The third kappa shape index (κ3) is 3.45. The van der Waals surface area contributed by atoms with Gasteiger partial charge in [0.1, 0.15) is 0 Å². The molecule has 1 aromatic carbocycles. The highest BCUT2D eigenvalue weighted by Gasteiger charge is 2.36. The molecule has 0 amide bonds. The predicted molar refractivity (Wildman–Crippen MR) is 82.6 cm³/mol. The number of hydrogen-bond acceptors (Lipinski definition) is 4. The van der Waals surface area contributed by atoms with E-state index in [4.69, 9.17) is 0 Å². The summed E-state index contributed by atoms with van der Waals surface area (Å²) in [7, 11) is 0.417. The number of aryl methyl sites for hydroxylation is 1. The van der Waals surface area contributed by atoms with Crippen LogP contribution in [0.3, 0.4) is 0 Å². The Balaban J connectivity index is 2.37. The summed E-state index contributed by atoms with van der Waals surface area (Å²) < 4.78 is 27.5. The Morgan fingerprint density at radius 1 is 1.38 bits per heavy atom. The van der Waals surface area contributed by atoms with Gasteiger partial charge in [0.05, 0.1) is 11.5 Å². The number of aliphatic hydroxyl groups excluding tert-OH is 1. The summed E-state index contributed by atoms with van der Waals surface area (Å²) >= 11 is 0. The van der Waals surface area contributed by atoms with Crippen LogP contribution in [0.2, 0.25) is 0 Å². The second-order valence-corrected chi connectivity index (χ2v) is 7.79. The summed E-state index contributed by atoms with van der Waals surface area (Å²) in [5.74, 6) is 0. The molecule has 0 spiro atoms. The minimum atomic E-state index is -3.50. The molecule has 1 atom stereocenters. The molecular formula is C15H24N2O3S. The number of likely N-dealkylation sites (N-methyl/N-ethyl adjacent to an activating group) is 1. The normalized spacial score (nSPS) is 20.3. The summed E-state index contributed by atoms with van der Waals surface area (Å²) in [5.41, 5.74) is 1.35. The van der Waals surface area contributed by atoms with E-state index >= 15 is 0 Å². The maximum Gasteiger partial charge on any atom is 0.243 e. The first-order chi connectivity index (χ1) is 9.86. The first-order valence-corrected chi connectivity index (χ1v) is 8.67. The van der Waals surface area contributed by atoms with E-state index in [2.05, 4.69) is 0 Å². The highest BCUT2D eigenvalue weighted by molar-refractivity contribution is 7.89. The Hall–Kier alpha value is -0.950. The molecule has 1 fully saturated rings. The van der Waals surface area contributed by atoms with Crippen LogP contribution in [0.1, 0.15) is 24.0 Å². The zero-order chi connectivity index (χ0) is 15.6. The molecule has 1 heterocycles. The number of nitrogens with zero attached hydrogens (tertiary/aromatic N) is 2. The molecule has 0 saturated carbocycles. The molecular weight excluding hydrogens is 288 g/mol. The topological polar surface area (TPSA) is 60.9 Å². The van der Waals surface area contributed by atoms with Gasteiger partial charge in [-0.05, 0) is 51.1 Å². The van der Waals surface area contributed by atoms with Gasteiger partial charge in [0, 0.05) is 19.1 Å². The van der Waals surface area contributed by atoms with Crippen LogP contribution >= 0.6 is 0 Å². The second kappa shape index (κ2) is 6.44. The molecule has 1 saturated heterocycles. The predicted octanol–water partition coefficient (Wildman–Crippen LogP) is 1.20. The van der Waals surface area contributed by atoms with Crippen LogP contribution < -0.4 is 0 Å². The molecule has 0 bridgehead atoms. The maximum absolute atomic E-state index is 12.9. The smallest absolute Gasteiger partial charge is 0.243 e. The third-order valence-corrected chi connectivity index (χ3v) is 6.01. The minimum Gasteiger partial charge on any atom is -0.392 e. The molecule has 21 heavy (non-hydrogen) atoms. The fourth-order valence-electron chi connectivity index (χ4n) is 2.88. The highest BCUT2D eigenvalue weighted by Crippen LogP contribution is 2.28. The van der Waals surface area contributed by atoms with Gasteiger partial charge in [0.2, 0.25) is 10.0 Å². The molecule has 0 aromatic heterocycles. The van der Waals surface area contributed by atoms with Gasteiger partial charge in [-0.15, -0.1) is 0 Å². The van der Waals surface area contributed by atoms with Crippen LogP contribution in [-0.2, 0) is 16.6 Å². The Bertz CT molecular complexity index is 599. The molecule has 0 radical (unpaired) electrons. The average molecular weight is 312 g/mol. The van der Waals surface area contributed by atoms with Crippen LogP contribution in [0.4, 0.5) is 0 Å². The highest BCUT2D eigenvalue weighted by atomic mass is 32.2. The van der Waals surface area contributed by atoms with E-state index in [1.807, 2.05) is 19.0 Å². The van der Waals surface area contributed by atoms with Crippen molar-refractivity contribution in [3.63, 3.8) is 0 Å². The minimum absolute atomic E-state index is 0.0298. The van der Waals surface area contributed by atoms with Crippen molar-refractivity contribution >= 4 is 10.0 Å². The first-order valence-electron chi connectivity index (χ1n) is 7.23. The lowest BCUT2D eigenvalue weighted by Gasteiger charge is -2.27. The Labute approximate surface area is 127 Å². The van der Waals surface area contributed by atoms with Gasteiger partial charge in [-0.3, -0.25) is 0 Å². The molecule has 5 nitrogen and oxygen atoms in total. The number of rotatable bonds is 5. The van der Waals surface area contributed by atoms with Gasteiger partial charge in [-0.1, -0.05) is 12.1 Å². The summed E-state index contributed by atoms with van der Waals surface area (Å²) in [6.07, 6.45) is 1.80. The third-order valence-electron chi connectivity index (χ3n) is 3.92. The fraction of sp³-hybridized carbons (Fsp3) is 0.600. The Morgan fingerprint density at radius 2 is 2.10 bits per heavy atom. The number of benzene rings is 1. The van der Waals surface area contributed by atoms with Crippen molar-refractivity contribution in [1.82, 2.24) is 9.21 Å². The van der Waals surface area contributed by atoms with Crippen LogP contribution in [0.5, 0.6) is 0 Å². The van der Waals surface area contributed by atoms with E-state index in [0.717, 1.165) is 24.9 Å². The van der Waals surface area contributed by atoms with Gasteiger partial charge in [-0.25, -0.2) is 8.42 Å². The van der Waals surface area contributed by atoms with Crippen molar-refractivity contribution in [2.75, 3.05) is 27.2 Å². The molecule has 0 aliphatic carbocycles. The first kappa shape index (κ1) is 16.4. The SMILES string of the molecule is Cc1ccc(CO)cc1S(=O)(=O)N1CCCC1CN(C)C. The lowest BCUT2D eigenvalue weighted by molar-refractivity contribution is 0.281. The van der Waals surface area contributed by atoms with Crippen molar-refractivity contribution in [2.45, 2.75) is 37.3 Å². The summed E-state index contributed by atoms with van der Waals surface area (Å²) in [6.45, 7) is 2.95. The Morgan fingerprint density at radius 3 is 2.71 bits per heavy atom. The molecule has 6 heteroatoms. The van der Waals surface area contributed by atoms with E-state index in [0.29, 0.717) is 17.0 Å². The van der Waals surface area contributed by atoms with E-state index in [-0.39, 0.29) is 12.6 Å². The quantitative estimate of drug-likeness (QED) is 0.887. The molecule has 1 N–H and O–H groups in total. The molecule has 2 rings (SSSR count). The Kier molecular flexibility index (Phi) is 5.03. The molecule has 1 aromatic rings. The van der Waals surface area contributed by atoms with Crippen molar-refractivity contribution in [1.29, 1.82) is 0 Å². The fourth-order valence-corrected chi connectivity index (χ4v) is 4.84. The van der Waals surface area contributed by atoms with Crippen LogP contribution in [0.25, 0.3) is 0 Å². The second-order valence-electron chi connectivity index (χ2n) is 5.93. The molecule has 1 unspecified atom stereocenters. The van der Waals surface area contributed by atoms with Crippen molar-refractivity contribution in [2.24, 2.45) is 0 Å². The standard InChI is InChI=1S/C15H24N2O3S/c1-12-6-7-13(11-18)9-15(12)21(19,20)17-8-4-5-14(17)10-16(2)3/h6-7,9,14,18H,4-5,8,10-11H2,1-3H3. The van der Waals surface area contributed by atoms with Crippen molar-refractivity contribution in [3.8, 4) is 0 Å². The number of aliphatic hydroxyl groups is 1. The monoisotopic (exact) mass is 312 g/mol. The number of sulfonamides is 1. The van der Waals surface area contributed by atoms with Crippen LogP contribution in [0.15, 0.2) is 23.1 Å². The van der Waals surface area contributed by atoms with Gasteiger partial charge in [0.15, 0.2) is 0 Å². The lowest BCUT2D eigenvalue weighted by Crippen LogP contribution is -2.41. The molecule has 1 aliphatic heterocycles. The van der Waals surface area contributed by atoms with Gasteiger partial charge < -0.3 is 10.0 Å². The van der Waals surface area contributed by atoms with E-state index in [9.17, 15) is 13.5 Å². The van der Waals surface area contributed by atoms with Gasteiger partial charge >= 0.3 is 0 Å².